The minimum atomic E-state index is 0.0952. The van der Waals surface area contributed by atoms with Crippen LogP contribution in [0.15, 0.2) is 46.7 Å². The third-order valence-electron chi connectivity index (χ3n) is 3.79. The van der Waals surface area contributed by atoms with Gasteiger partial charge in [0.15, 0.2) is 11.5 Å². The lowest BCUT2D eigenvalue weighted by atomic mass is 10.1. The van der Waals surface area contributed by atoms with Crippen molar-refractivity contribution >= 4 is 11.4 Å². The molecule has 6 nitrogen and oxygen atoms in total. The third kappa shape index (κ3) is 3.15. The Hall–Kier alpha value is -2.89. The Kier molecular flexibility index (Phi) is 4.23. The smallest absolute Gasteiger partial charge is 0.160 e. The van der Waals surface area contributed by atoms with Crippen molar-refractivity contribution < 1.29 is 14.7 Å². The number of hydrogen-bond acceptors (Lipinski definition) is 6. The van der Waals surface area contributed by atoms with Gasteiger partial charge >= 0.3 is 0 Å². The Labute approximate surface area is 133 Å². The number of ether oxygens (including phenoxy) is 1. The molecule has 0 saturated carbocycles. The first-order valence-corrected chi connectivity index (χ1v) is 7.22. The molecule has 2 aromatic carbocycles. The van der Waals surface area contributed by atoms with E-state index in [0.717, 1.165) is 35.2 Å². The second kappa shape index (κ2) is 6.48. The molecule has 0 aliphatic heterocycles. The molecule has 6 heteroatoms. The van der Waals surface area contributed by atoms with E-state index in [-0.39, 0.29) is 5.75 Å². The molecular weight excluding hydrogens is 296 g/mol. The molecule has 0 saturated heterocycles. The van der Waals surface area contributed by atoms with E-state index >= 15 is 0 Å². The fourth-order valence-electron chi connectivity index (χ4n) is 2.57. The quantitative estimate of drug-likeness (QED) is 0.674. The molecule has 0 radical (unpaired) electrons. The summed E-state index contributed by atoms with van der Waals surface area (Å²) in [6.07, 6.45) is 1.60. The van der Waals surface area contributed by atoms with E-state index in [4.69, 9.17) is 9.57 Å². The number of nitroso groups, excluding NO2 is 1. The van der Waals surface area contributed by atoms with Gasteiger partial charge in [-0.05, 0) is 53.4 Å². The number of oxime groups is 1. The zero-order valence-corrected chi connectivity index (χ0v) is 12.7. The van der Waals surface area contributed by atoms with Crippen LogP contribution in [0, 0.1) is 4.91 Å². The first kappa shape index (κ1) is 15.0. The van der Waals surface area contributed by atoms with Gasteiger partial charge in [-0.3, -0.25) is 0 Å². The van der Waals surface area contributed by atoms with E-state index in [1.807, 2.05) is 6.07 Å². The largest absolute Gasteiger partial charge is 0.504 e. The molecule has 1 aliphatic carbocycles. The van der Waals surface area contributed by atoms with Gasteiger partial charge in [0.1, 0.15) is 12.3 Å². The van der Waals surface area contributed by atoms with Gasteiger partial charge in [-0.2, -0.15) is 0 Å². The topological polar surface area (TPSA) is 80.5 Å². The number of phenolic OH excluding ortho intramolecular Hbond substituents is 1. The van der Waals surface area contributed by atoms with E-state index in [2.05, 4.69) is 10.3 Å². The zero-order chi connectivity index (χ0) is 16.2. The molecule has 0 aromatic heterocycles. The van der Waals surface area contributed by atoms with E-state index in [1.165, 1.54) is 7.11 Å². The van der Waals surface area contributed by atoms with Gasteiger partial charge in [0.2, 0.25) is 0 Å². The van der Waals surface area contributed by atoms with Gasteiger partial charge in [0, 0.05) is 5.56 Å². The number of methoxy groups -OCH3 is 1. The Morgan fingerprint density at radius 1 is 1.17 bits per heavy atom. The molecule has 0 atom stereocenters. The highest BCUT2D eigenvalue weighted by molar-refractivity contribution is 6.04. The summed E-state index contributed by atoms with van der Waals surface area (Å²) in [7, 11) is 1.53. The van der Waals surface area contributed by atoms with Gasteiger partial charge < -0.3 is 14.7 Å². The maximum atomic E-state index is 10.4. The van der Waals surface area contributed by atoms with Crippen molar-refractivity contribution in [1.82, 2.24) is 0 Å². The summed E-state index contributed by atoms with van der Waals surface area (Å²) in [5.74, 6) is 0.563. The second-order valence-corrected chi connectivity index (χ2v) is 5.25. The minimum absolute atomic E-state index is 0.0952. The summed E-state index contributed by atoms with van der Waals surface area (Å²) in [4.78, 5) is 15.8. The van der Waals surface area contributed by atoms with Gasteiger partial charge in [-0.25, -0.2) is 0 Å². The number of aryl methyl sites for hydroxylation is 1. The molecule has 0 bridgehead atoms. The molecule has 0 heterocycles. The van der Waals surface area contributed by atoms with Crippen molar-refractivity contribution in [2.75, 3.05) is 7.11 Å². The Morgan fingerprint density at radius 3 is 2.65 bits per heavy atom. The Morgan fingerprint density at radius 2 is 1.96 bits per heavy atom. The Bertz CT molecular complexity index is 754. The fourth-order valence-corrected chi connectivity index (χ4v) is 2.57. The minimum Gasteiger partial charge on any atom is -0.504 e. The molecule has 1 aliphatic rings. The average Bonchev–Trinajstić information content (AvgIpc) is 2.96. The van der Waals surface area contributed by atoms with Crippen LogP contribution >= 0.6 is 0 Å². The predicted molar refractivity (Wildman–Crippen MR) is 86.2 cm³/mol. The summed E-state index contributed by atoms with van der Waals surface area (Å²) in [6, 6.07) is 10.3. The van der Waals surface area contributed by atoms with Gasteiger partial charge in [-0.1, -0.05) is 17.3 Å². The zero-order valence-electron chi connectivity index (χ0n) is 12.7. The van der Waals surface area contributed by atoms with Crippen LogP contribution in [-0.4, -0.2) is 17.9 Å². The molecule has 0 fully saturated rings. The number of nitrogens with zero attached hydrogens (tertiary/aromatic N) is 2. The van der Waals surface area contributed by atoms with Crippen molar-refractivity contribution in [3.05, 3.63) is 58.0 Å². The predicted octanol–water partition coefficient (Wildman–Crippen LogP) is 3.67. The van der Waals surface area contributed by atoms with Crippen LogP contribution in [0.1, 0.15) is 23.1 Å². The SMILES string of the molecule is COc1cc2c(cc1O)/C(=N/OCc1ccc(N=O)cc1)CC2. The normalized spacial score (nSPS) is 14.6. The van der Waals surface area contributed by atoms with Crippen LogP contribution < -0.4 is 4.74 Å². The van der Waals surface area contributed by atoms with Crippen LogP contribution in [0.4, 0.5) is 5.69 Å². The molecule has 0 amide bonds. The van der Waals surface area contributed by atoms with E-state index in [0.29, 0.717) is 18.0 Å². The first-order valence-electron chi connectivity index (χ1n) is 7.22. The first-order chi connectivity index (χ1) is 11.2. The standard InChI is InChI=1S/C17H16N2O4/c1-22-17-8-12-4-7-15(14(12)9-16(17)20)19-23-10-11-2-5-13(18-21)6-3-11/h2-3,5-6,8-9,20H,4,7,10H2,1H3/b19-15+. The molecule has 3 rings (SSSR count). The highest BCUT2D eigenvalue weighted by Crippen LogP contribution is 2.34. The van der Waals surface area contributed by atoms with Gasteiger partial charge in [0.05, 0.1) is 12.8 Å². The lowest BCUT2D eigenvalue weighted by Crippen LogP contribution is -1.97. The number of phenols is 1. The summed E-state index contributed by atoms with van der Waals surface area (Å²) in [6.45, 7) is 0.306. The number of aromatic hydroxyl groups is 1. The Balaban J connectivity index is 1.70. The average molecular weight is 312 g/mol. The second-order valence-electron chi connectivity index (χ2n) is 5.25. The van der Waals surface area contributed by atoms with E-state index in [9.17, 15) is 10.0 Å². The maximum Gasteiger partial charge on any atom is 0.160 e. The molecule has 118 valence electrons. The number of benzene rings is 2. The maximum absolute atomic E-state index is 10.4. The molecule has 1 N–H and O–H groups in total. The summed E-state index contributed by atoms with van der Waals surface area (Å²) >= 11 is 0. The fraction of sp³-hybridized carbons (Fsp3) is 0.235. The number of fused-ring (bicyclic) bond motifs is 1. The number of rotatable bonds is 5. The van der Waals surface area contributed by atoms with Crippen LogP contribution in [0.5, 0.6) is 11.5 Å². The highest BCUT2D eigenvalue weighted by Gasteiger charge is 2.21. The van der Waals surface area contributed by atoms with Crippen molar-refractivity contribution in [2.24, 2.45) is 10.3 Å². The van der Waals surface area contributed by atoms with Crippen molar-refractivity contribution in [1.29, 1.82) is 0 Å². The van der Waals surface area contributed by atoms with Crippen molar-refractivity contribution in [3.8, 4) is 11.5 Å². The third-order valence-corrected chi connectivity index (χ3v) is 3.79. The molecule has 23 heavy (non-hydrogen) atoms. The summed E-state index contributed by atoms with van der Waals surface area (Å²) < 4.78 is 5.11. The van der Waals surface area contributed by atoms with Crippen molar-refractivity contribution in [3.63, 3.8) is 0 Å². The lowest BCUT2D eigenvalue weighted by Gasteiger charge is -2.07. The van der Waals surface area contributed by atoms with Crippen molar-refractivity contribution in [2.45, 2.75) is 19.4 Å². The van der Waals surface area contributed by atoms with Crippen LogP contribution in [0.2, 0.25) is 0 Å². The van der Waals surface area contributed by atoms with E-state index < -0.39 is 0 Å². The monoisotopic (exact) mass is 312 g/mol. The van der Waals surface area contributed by atoms with Gasteiger partial charge in [-0.15, -0.1) is 4.91 Å². The molecular formula is C17H16N2O4. The van der Waals surface area contributed by atoms with Gasteiger partial charge in [0.25, 0.3) is 0 Å². The summed E-state index contributed by atoms with van der Waals surface area (Å²) in [5.41, 5.74) is 4.07. The summed E-state index contributed by atoms with van der Waals surface area (Å²) in [5, 5.41) is 16.9. The highest BCUT2D eigenvalue weighted by atomic mass is 16.6. The molecule has 2 aromatic rings. The number of hydrogen-bond donors (Lipinski definition) is 1. The molecule has 0 spiro atoms. The molecule has 0 unspecified atom stereocenters. The van der Waals surface area contributed by atoms with Crippen LogP contribution in [-0.2, 0) is 17.9 Å². The van der Waals surface area contributed by atoms with E-state index in [1.54, 1.807) is 30.3 Å². The van der Waals surface area contributed by atoms with Crippen LogP contribution in [0.3, 0.4) is 0 Å². The lowest BCUT2D eigenvalue weighted by molar-refractivity contribution is 0.130. The van der Waals surface area contributed by atoms with Crippen LogP contribution in [0.25, 0.3) is 0 Å².